The van der Waals surface area contributed by atoms with Crippen molar-refractivity contribution in [2.75, 3.05) is 10.6 Å². The van der Waals surface area contributed by atoms with Crippen LogP contribution < -0.4 is 10.6 Å². The lowest BCUT2D eigenvalue weighted by molar-refractivity contribution is 0.262. The Bertz CT molecular complexity index is 607. The standard InChI is InChI=1S/C17H20N2O/c1-11-8-12(2)10-15(9-11)18-17(20)19-16-13(3)6-5-7-14(16)4/h5-10H,1-4H3,(H2,18,19,20). The molecule has 0 radical (unpaired) electrons. The molecule has 0 unspecified atom stereocenters. The van der Waals surface area contributed by atoms with Crippen LogP contribution in [0.3, 0.4) is 0 Å². The van der Waals surface area contributed by atoms with Crippen molar-refractivity contribution in [3.8, 4) is 0 Å². The lowest BCUT2D eigenvalue weighted by Crippen LogP contribution is -2.20. The van der Waals surface area contributed by atoms with Gasteiger partial charge in [0.15, 0.2) is 0 Å². The molecule has 0 aliphatic carbocycles. The highest BCUT2D eigenvalue weighted by molar-refractivity contribution is 6.00. The summed E-state index contributed by atoms with van der Waals surface area (Å²) >= 11 is 0. The first kappa shape index (κ1) is 14.1. The summed E-state index contributed by atoms with van der Waals surface area (Å²) in [5.41, 5.74) is 6.06. The zero-order valence-electron chi connectivity index (χ0n) is 12.4. The quantitative estimate of drug-likeness (QED) is 0.823. The normalized spacial score (nSPS) is 10.2. The predicted octanol–water partition coefficient (Wildman–Crippen LogP) is 4.56. The Balaban J connectivity index is 2.13. The van der Waals surface area contributed by atoms with E-state index in [2.05, 4.69) is 16.7 Å². The summed E-state index contributed by atoms with van der Waals surface area (Å²) < 4.78 is 0. The minimum absolute atomic E-state index is 0.215. The zero-order chi connectivity index (χ0) is 14.7. The van der Waals surface area contributed by atoms with Crippen LogP contribution in [0.4, 0.5) is 16.2 Å². The van der Waals surface area contributed by atoms with Gasteiger partial charge in [0.2, 0.25) is 0 Å². The number of hydrogen-bond acceptors (Lipinski definition) is 1. The highest BCUT2D eigenvalue weighted by atomic mass is 16.2. The van der Waals surface area contributed by atoms with Crippen molar-refractivity contribution >= 4 is 17.4 Å². The van der Waals surface area contributed by atoms with Crippen LogP contribution in [0.5, 0.6) is 0 Å². The van der Waals surface area contributed by atoms with Crippen LogP contribution in [-0.4, -0.2) is 6.03 Å². The third-order valence-corrected chi connectivity index (χ3v) is 3.20. The number of urea groups is 1. The number of carbonyl (C=O) groups excluding carboxylic acids is 1. The minimum atomic E-state index is -0.215. The molecule has 0 fully saturated rings. The molecule has 2 rings (SSSR count). The average molecular weight is 268 g/mol. The number of para-hydroxylation sites is 1. The molecule has 0 heterocycles. The van der Waals surface area contributed by atoms with Crippen LogP contribution in [0.15, 0.2) is 36.4 Å². The lowest BCUT2D eigenvalue weighted by Gasteiger charge is -2.13. The van der Waals surface area contributed by atoms with Gasteiger partial charge in [0.05, 0.1) is 0 Å². The first-order valence-corrected chi connectivity index (χ1v) is 6.68. The largest absolute Gasteiger partial charge is 0.323 e. The molecule has 0 saturated carbocycles. The van der Waals surface area contributed by atoms with E-state index in [1.807, 2.05) is 58.0 Å². The molecule has 0 aromatic heterocycles. The second-order valence-electron chi connectivity index (χ2n) is 5.22. The van der Waals surface area contributed by atoms with Crippen molar-refractivity contribution in [2.24, 2.45) is 0 Å². The van der Waals surface area contributed by atoms with Gasteiger partial charge in [-0.1, -0.05) is 24.3 Å². The highest BCUT2D eigenvalue weighted by Gasteiger charge is 2.07. The van der Waals surface area contributed by atoms with Gasteiger partial charge in [0.25, 0.3) is 0 Å². The Kier molecular flexibility index (Phi) is 4.08. The van der Waals surface area contributed by atoms with Crippen LogP contribution in [0.2, 0.25) is 0 Å². The summed E-state index contributed by atoms with van der Waals surface area (Å²) in [5, 5.41) is 5.79. The highest BCUT2D eigenvalue weighted by Crippen LogP contribution is 2.20. The number of anilines is 2. The molecule has 0 saturated heterocycles. The van der Waals surface area contributed by atoms with Crippen molar-refractivity contribution in [1.82, 2.24) is 0 Å². The number of aryl methyl sites for hydroxylation is 4. The molecule has 3 nitrogen and oxygen atoms in total. The third-order valence-electron chi connectivity index (χ3n) is 3.20. The van der Waals surface area contributed by atoms with Gasteiger partial charge < -0.3 is 10.6 Å². The van der Waals surface area contributed by atoms with E-state index in [-0.39, 0.29) is 6.03 Å². The molecule has 2 amide bonds. The molecule has 2 aromatic rings. The Labute approximate surface area is 120 Å². The Hall–Kier alpha value is -2.29. The van der Waals surface area contributed by atoms with Crippen LogP contribution in [0, 0.1) is 27.7 Å². The summed E-state index contributed by atoms with van der Waals surface area (Å²) in [4.78, 5) is 12.1. The van der Waals surface area contributed by atoms with Gasteiger partial charge in [-0.15, -0.1) is 0 Å². The second kappa shape index (κ2) is 5.78. The van der Waals surface area contributed by atoms with Gasteiger partial charge in [-0.25, -0.2) is 4.79 Å². The van der Waals surface area contributed by atoms with Crippen LogP contribution in [-0.2, 0) is 0 Å². The van der Waals surface area contributed by atoms with Gasteiger partial charge >= 0.3 is 6.03 Å². The summed E-state index contributed by atoms with van der Waals surface area (Å²) in [6, 6.07) is 11.7. The fourth-order valence-electron chi connectivity index (χ4n) is 2.33. The molecule has 0 atom stereocenters. The first-order chi connectivity index (χ1) is 9.45. The monoisotopic (exact) mass is 268 g/mol. The molecule has 20 heavy (non-hydrogen) atoms. The minimum Gasteiger partial charge on any atom is -0.308 e. The summed E-state index contributed by atoms with van der Waals surface area (Å²) in [6.45, 7) is 8.00. The maximum absolute atomic E-state index is 12.1. The van der Waals surface area contributed by atoms with Gasteiger partial charge in [0, 0.05) is 11.4 Å². The lowest BCUT2D eigenvalue weighted by atomic mass is 10.1. The fourth-order valence-corrected chi connectivity index (χ4v) is 2.33. The Morgan fingerprint density at radius 3 is 1.95 bits per heavy atom. The molecule has 0 aliphatic heterocycles. The van der Waals surface area contributed by atoms with Gasteiger partial charge in [0.1, 0.15) is 0 Å². The van der Waals surface area contributed by atoms with Gasteiger partial charge in [-0.05, 0) is 62.1 Å². The van der Waals surface area contributed by atoms with E-state index in [0.29, 0.717) is 0 Å². The molecule has 2 N–H and O–H groups in total. The van der Waals surface area contributed by atoms with Crippen molar-refractivity contribution in [1.29, 1.82) is 0 Å². The number of rotatable bonds is 2. The van der Waals surface area contributed by atoms with Gasteiger partial charge in [-0.2, -0.15) is 0 Å². The molecule has 0 spiro atoms. The van der Waals surface area contributed by atoms with E-state index in [1.165, 1.54) is 0 Å². The third kappa shape index (κ3) is 3.38. The summed E-state index contributed by atoms with van der Waals surface area (Å²) in [7, 11) is 0. The van der Waals surface area contributed by atoms with E-state index >= 15 is 0 Å². The Morgan fingerprint density at radius 2 is 1.40 bits per heavy atom. The van der Waals surface area contributed by atoms with Gasteiger partial charge in [-0.3, -0.25) is 0 Å². The summed E-state index contributed by atoms with van der Waals surface area (Å²) in [5.74, 6) is 0. The van der Waals surface area contributed by atoms with Crippen molar-refractivity contribution in [3.05, 3.63) is 58.7 Å². The van der Waals surface area contributed by atoms with Crippen LogP contribution in [0.25, 0.3) is 0 Å². The molecule has 0 bridgehead atoms. The maximum atomic E-state index is 12.1. The second-order valence-corrected chi connectivity index (χ2v) is 5.22. The first-order valence-electron chi connectivity index (χ1n) is 6.68. The molecule has 104 valence electrons. The fraction of sp³-hybridized carbons (Fsp3) is 0.235. The number of amides is 2. The van der Waals surface area contributed by atoms with Crippen molar-refractivity contribution < 1.29 is 4.79 Å². The van der Waals surface area contributed by atoms with Crippen LogP contribution >= 0.6 is 0 Å². The zero-order valence-corrected chi connectivity index (χ0v) is 12.4. The van der Waals surface area contributed by atoms with E-state index in [1.54, 1.807) is 0 Å². The maximum Gasteiger partial charge on any atom is 0.323 e. The predicted molar refractivity (Wildman–Crippen MR) is 84.5 cm³/mol. The van der Waals surface area contributed by atoms with E-state index in [4.69, 9.17) is 0 Å². The van der Waals surface area contributed by atoms with Crippen molar-refractivity contribution in [2.45, 2.75) is 27.7 Å². The summed E-state index contributed by atoms with van der Waals surface area (Å²) in [6.07, 6.45) is 0. The molecular formula is C17H20N2O. The molecule has 2 aromatic carbocycles. The molecule has 0 aliphatic rings. The van der Waals surface area contributed by atoms with E-state index in [9.17, 15) is 4.79 Å². The number of nitrogens with one attached hydrogen (secondary N) is 2. The van der Waals surface area contributed by atoms with Crippen LogP contribution in [0.1, 0.15) is 22.3 Å². The van der Waals surface area contributed by atoms with E-state index < -0.39 is 0 Å². The molecule has 3 heteroatoms. The smallest absolute Gasteiger partial charge is 0.308 e. The molecular weight excluding hydrogens is 248 g/mol. The number of carbonyl (C=O) groups is 1. The van der Waals surface area contributed by atoms with Crippen molar-refractivity contribution in [3.63, 3.8) is 0 Å². The Morgan fingerprint density at radius 1 is 0.850 bits per heavy atom. The SMILES string of the molecule is Cc1cc(C)cc(NC(=O)Nc2c(C)cccc2C)c1. The number of benzene rings is 2. The topological polar surface area (TPSA) is 41.1 Å². The van der Waals surface area contributed by atoms with E-state index in [0.717, 1.165) is 33.6 Å². The number of hydrogen-bond donors (Lipinski definition) is 2. The average Bonchev–Trinajstić information content (AvgIpc) is 2.32.